The van der Waals surface area contributed by atoms with Gasteiger partial charge in [-0.1, -0.05) is 23.2 Å². The van der Waals surface area contributed by atoms with Crippen LogP contribution in [0.3, 0.4) is 0 Å². The Morgan fingerprint density at radius 2 is 2.05 bits per heavy atom. The van der Waals surface area contributed by atoms with Crippen molar-refractivity contribution in [2.45, 2.75) is 0 Å². The molecule has 0 saturated heterocycles. The Bertz CT molecular complexity index is 738. The van der Waals surface area contributed by atoms with Crippen molar-refractivity contribution < 1.29 is 4.79 Å². The smallest absolute Gasteiger partial charge is 0.266 e. The van der Waals surface area contributed by atoms with E-state index in [1.54, 1.807) is 42.3 Å². The average molecular weight is 321 g/mol. The van der Waals surface area contributed by atoms with Crippen molar-refractivity contribution in [3.63, 3.8) is 0 Å². The van der Waals surface area contributed by atoms with E-state index in [1.165, 1.54) is 6.08 Å². The monoisotopic (exact) mass is 320 g/mol. The Balaban J connectivity index is 2.21. The fourth-order valence-corrected chi connectivity index (χ4v) is 2.18. The second kappa shape index (κ2) is 6.44. The molecule has 0 bridgehead atoms. The van der Waals surface area contributed by atoms with Crippen LogP contribution in [0.25, 0.3) is 6.08 Å². The molecule has 1 aromatic heterocycles. The largest absolute Gasteiger partial charge is 0.321 e. The molecular weight excluding hydrogens is 311 g/mol. The summed E-state index contributed by atoms with van der Waals surface area (Å²) in [4.78, 5) is 12.1. The summed E-state index contributed by atoms with van der Waals surface area (Å²) in [5, 5.41) is 16.4. The van der Waals surface area contributed by atoms with Crippen LogP contribution in [0.5, 0.6) is 0 Å². The number of benzene rings is 1. The van der Waals surface area contributed by atoms with Gasteiger partial charge in [-0.05, 0) is 24.3 Å². The highest BCUT2D eigenvalue weighted by Crippen LogP contribution is 2.22. The summed E-state index contributed by atoms with van der Waals surface area (Å²) in [7, 11) is 1.75. The third-order valence-corrected chi connectivity index (χ3v) is 2.96. The van der Waals surface area contributed by atoms with E-state index in [9.17, 15) is 4.79 Å². The van der Waals surface area contributed by atoms with Gasteiger partial charge in [-0.25, -0.2) is 0 Å². The van der Waals surface area contributed by atoms with Crippen LogP contribution in [0.4, 0.5) is 5.69 Å². The summed E-state index contributed by atoms with van der Waals surface area (Å²) in [5.41, 5.74) is 1.04. The summed E-state index contributed by atoms with van der Waals surface area (Å²) in [6.45, 7) is 0. The lowest BCUT2D eigenvalue weighted by atomic mass is 10.2. The van der Waals surface area contributed by atoms with Crippen molar-refractivity contribution in [3.05, 3.63) is 51.8 Å². The van der Waals surface area contributed by atoms with Crippen LogP contribution in [0.2, 0.25) is 10.0 Å². The molecule has 1 aromatic carbocycles. The minimum Gasteiger partial charge on any atom is -0.321 e. The molecule has 0 radical (unpaired) electrons. The van der Waals surface area contributed by atoms with Crippen molar-refractivity contribution >= 4 is 40.9 Å². The highest BCUT2D eigenvalue weighted by atomic mass is 35.5. The number of aromatic nitrogens is 2. The van der Waals surface area contributed by atoms with E-state index in [4.69, 9.17) is 28.5 Å². The Labute approximate surface area is 131 Å². The molecule has 0 aliphatic rings. The van der Waals surface area contributed by atoms with Crippen molar-refractivity contribution in [1.82, 2.24) is 9.78 Å². The van der Waals surface area contributed by atoms with Crippen LogP contribution in [-0.4, -0.2) is 15.7 Å². The summed E-state index contributed by atoms with van der Waals surface area (Å²) in [6.07, 6.45) is 4.70. The predicted molar refractivity (Wildman–Crippen MR) is 81.9 cm³/mol. The Morgan fingerprint density at radius 1 is 1.38 bits per heavy atom. The molecule has 2 rings (SSSR count). The predicted octanol–water partition coefficient (Wildman–Crippen LogP) is 3.27. The number of nitrogens with zero attached hydrogens (tertiary/aromatic N) is 3. The lowest BCUT2D eigenvalue weighted by Gasteiger charge is -2.05. The molecule has 5 nitrogen and oxygen atoms in total. The van der Waals surface area contributed by atoms with Gasteiger partial charge < -0.3 is 5.32 Å². The molecule has 106 valence electrons. The van der Waals surface area contributed by atoms with E-state index in [1.807, 2.05) is 6.07 Å². The van der Waals surface area contributed by atoms with Gasteiger partial charge in [-0.15, -0.1) is 0 Å². The lowest BCUT2D eigenvalue weighted by molar-refractivity contribution is -0.112. The van der Waals surface area contributed by atoms with Gasteiger partial charge in [0, 0.05) is 34.5 Å². The second-order valence-corrected chi connectivity index (χ2v) is 5.10. The van der Waals surface area contributed by atoms with Crippen LogP contribution in [0.15, 0.2) is 36.2 Å². The first-order chi connectivity index (χ1) is 9.97. The van der Waals surface area contributed by atoms with Crippen LogP contribution in [-0.2, 0) is 11.8 Å². The standard InChI is InChI=1S/C14H10Cl2N4O/c1-20-8-9(7-18-20)2-10(6-17)14(21)19-13-4-11(15)3-12(16)5-13/h2-5,7-8H,1H3,(H,19,21)/b10-2+. The van der Waals surface area contributed by atoms with Gasteiger partial charge in [0.2, 0.25) is 0 Å². The normalized spacial score (nSPS) is 11.0. The molecule has 0 spiro atoms. The summed E-state index contributed by atoms with van der Waals surface area (Å²) in [6, 6.07) is 6.50. The number of nitriles is 1. The van der Waals surface area contributed by atoms with E-state index in [-0.39, 0.29) is 5.57 Å². The summed E-state index contributed by atoms with van der Waals surface area (Å²) >= 11 is 11.7. The number of hydrogen-bond acceptors (Lipinski definition) is 3. The Kier molecular flexibility index (Phi) is 4.63. The molecule has 0 fully saturated rings. The maximum absolute atomic E-state index is 12.1. The molecule has 2 aromatic rings. The topological polar surface area (TPSA) is 70.7 Å². The number of rotatable bonds is 3. The third-order valence-electron chi connectivity index (χ3n) is 2.52. The van der Waals surface area contributed by atoms with Crippen molar-refractivity contribution in [1.29, 1.82) is 5.26 Å². The van der Waals surface area contributed by atoms with Gasteiger partial charge in [0.15, 0.2) is 0 Å². The molecule has 0 saturated carbocycles. The van der Waals surface area contributed by atoms with E-state index in [0.717, 1.165) is 0 Å². The molecular formula is C14H10Cl2N4O. The van der Waals surface area contributed by atoms with Gasteiger partial charge >= 0.3 is 0 Å². The molecule has 0 atom stereocenters. The molecule has 1 N–H and O–H groups in total. The summed E-state index contributed by atoms with van der Waals surface area (Å²) in [5.74, 6) is -0.542. The number of carbonyl (C=O) groups excluding carboxylic acids is 1. The minimum atomic E-state index is -0.542. The SMILES string of the molecule is Cn1cc(/C=C(\C#N)C(=O)Nc2cc(Cl)cc(Cl)c2)cn1. The molecule has 7 heteroatoms. The Morgan fingerprint density at radius 3 is 2.57 bits per heavy atom. The molecule has 1 heterocycles. The number of amides is 1. The third kappa shape index (κ3) is 4.09. The number of aryl methyl sites for hydroxylation is 1. The van der Waals surface area contributed by atoms with Crippen molar-refractivity contribution in [3.8, 4) is 6.07 Å². The van der Waals surface area contributed by atoms with Crippen LogP contribution >= 0.6 is 23.2 Å². The van der Waals surface area contributed by atoms with Gasteiger partial charge in [0.1, 0.15) is 11.6 Å². The minimum absolute atomic E-state index is 0.0425. The quantitative estimate of drug-likeness (QED) is 0.697. The van der Waals surface area contributed by atoms with E-state index >= 15 is 0 Å². The first kappa shape index (κ1) is 15.1. The van der Waals surface area contributed by atoms with E-state index < -0.39 is 5.91 Å². The average Bonchev–Trinajstić information content (AvgIpc) is 2.80. The van der Waals surface area contributed by atoms with Gasteiger partial charge in [-0.3, -0.25) is 9.48 Å². The number of nitrogens with one attached hydrogen (secondary N) is 1. The first-order valence-electron chi connectivity index (χ1n) is 5.86. The van der Waals surface area contributed by atoms with Crippen molar-refractivity contribution in [2.24, 2.45) is 7.05 Å². The fraction of sp³-hybridized carbons (Fsp3) is 0.0714. The highest BCUT2D eigenvalue weighted by molar-refractivity contribution is 6.35. The second-order valence-electron chi connectivity index (χ2n) is 4.23. The fourth-order valence-electron chi connectivity index (χ4n) is 1.65. The first-order valence-corrected chi connectivity index (χ1v) is 6.61. The number of carbonyl (C=O) groups is 1. The highest BCUT2D eigenvalue weighted by Gasteiger charge is 2.11. The van der Waals surface area contributed by atoms with Crippen molar-refractivity contribution in [2.75, 3.05) is 5.32 Å². The molecule has 0 aliphatic heterocycles. The zero-order valence-corrected chi connectivity index (χ0v) is 12.5. The zero-order chi connectivity index (χ0) is 15.4. The molecule has 0 aliphatic carbocycles. The molecule has 21 heavy (non-hydrogen) atoms. The number of anilines is 1. The van der Waals surface area contributed by atoms with E-state index in [0.29, 0.717) is 21.3 Å². The van der Waals surface area contributed by atoms with Crippen LogP contribution in [0.1, 0.15) is 5.56 Å². The Hall–Kier alpha value is -2.29. The maximum Gasteiger partial charge on any atom is 0.266 e. The number of hydrogen-bond donors (Lipinski definition) is 1. The maximum atomic E-state index is 12.1. The summed E-state index contributed by atoms with van der Waals surface area (Å²) < 4.78 is 1.58. The van der Waals surface area contributed by atoms with Gasteiger partial charge in [0.05, 0.1) is 6.20 Å². The zero-order valence-electron chi connectivity index (χ0n) is 11.0. The molecule has 1 amide bonds. The molecule has 0 unspecified atom stereocenters. The van der Waals surface area contributed by atoms with Crippen LogP contribution < -0.4 is 5.32 Å². The lowest BCUT2D eigenvalue weighted by Crippen LogP contribution is -2.13. The van der Waals surface area contributed by atoms with E-state index in [2.05, 4.69) is 10.4 Å². The van der Waals surface area contributed by atoms with Gasteiger partial charge in [-0.2, -0.15) is 10.4 Å². The van der Waals surface area contributed by atoms with Gasteiger partial charge in [0.25, 0.3) is 5.91 Å². The van der Waals surface area contributed by atoms with Crippen LogP contribution in [0, 0.1) is 11.3 Å². The number of halogens is 2.